The summed E-state index contributed by atoms with van der Waals surface area (Å²) in [5.74, 6) is 0. The Morgan fingerprint density at radius 1 is 0.667 bits per heavy atom. The molecule has 0 saturated heterocycles. The Hall–Kier alpha value is 0.428. The monoisotopic (exact) mass is 305 g/mol. The average molecular weight is 305 g/mol. The van der Waals surface area contributed by atoms with Crippen molar-refractivity contribution in [3.05, 3.63) is 12.2 Å². The first-order valence-electron chi connectivity index (χ1n) is 3.65. The topological polar surface area (TPSA) is 0 Å². The molecule has 0 saturated carbocycles. The molecule has 0 N–H and O–H groups in total. The van der Waals surface area contributed by atoms with Gasteiger partial charge in [0.2, 0.25) is 0 Å². The van der Waals surface area contributed by atoms with Crippen LogP contribution in [0.2, 0.25) is 0 Å². The fourth-order valence-corrected chi connectivity index (χ4v) is 1.11. The van der Waals surface area contributed by atoms with Crippen molar-refractivity contribution in [1.29, 1.82) is 0 Å². The predicted octanol–water partition coefficient (Wildman–Crippen LogP) is 2.89. The zero-order valence-electron chi connectivity index (χ0n) is 5.71. The minimum Gasteiger partial charge on any atom is -0.0885 e. The number of rotatable bonds is 0. The molecular formula is C8H14Pt. The van der Waals surface area contributed by atoms with E-state index >= 15 is 0 Å². The zero-order valence-corrected chi connectivity index (χ0v) is 7.99. The summed E-state index contributed by atoms with van der Waals surface area (Å²) < 4.78 is 0. The van der Waals surface area contributed by atoms with Crippen LogP contribution in [0.25, 0.3) is 0 Å². The van der Waals surface area contributed by atoms with E-state index in [4.69, 9.17) is 0 Å². The van der Waals surface area contributed by atoms with Crippen molar-refractivity contribution < 1.29 is 21.1 Å². The Balaban J connectivity index is 0.000000640. The Morgan fingerprint density at radius 2 is 1.11 bits per heavy atom. The van der Waals surface area contributed by atoms with Crippen LogP contribution in [0.1, 0.15) is 38.5 Å². The zero-order chi connectivity index (χ0) is 5.66. The molecule has 0 heterocycles. The first-order chi connectivity index (χ1) is 4.00. The standard InChI is InChI=1S/C8H14.Pt/c1-2-4-6-8-7-5-3-1;/h1-2H,3-8H2;. The molecule has 0 radical (unpaired) electrons. The molecule has 0 aliphatic heterocycles. The average Bonchev–Trinajstić information content (AvgIpc) is 1.62. The summed E-state index contributed by atoms with van der Waals surface area (Å²) in [5.41, 5.74) is 0. The Kier molecular flexibility index (Phi) is 6.86. The van der Waals surface area contributed by atoms with Gasteiger partial charge in [-0.25, -0.2) is 0 Å². The van der Waals surface area contributed by atoms with Gasteiger partial charge in [0.15, 0.2) is 0 Å². The van der Waals surface area contributed by atoms with Gasteiger partial charge in [-0.15, -0.1) is 0 Å². The van der Waals surface area contributed by atoms with Gasteiger partial charge in [-0.05, 0) is 25.7 Å². The van der Waals surface area contributed by atoms with Crippen LogP contribution in [0.15, 0.2) is 12.2 Å². The molecule has 1 rings (SSSR count). The number of allylic oxidation sites excluding steroid dienone is 2. The molecule has 0 fully saturated rings. The molecule has 0 atom stereocenters. The van der Waals surface area contributed by atoms with Gasteiger partial charge < -0.3 is 0 Å². The van der Waals surface area contributed by atoms with E-state index in [2.05, 4.69) is 12.2 Å². The largest absolute Gasteiger partial charge is 0.0885 e. The predicted molar refractivity (Wildman–Crippen MR) is 36.8 cm³/mol. The van der Waals surface area contributed by atoms with E-state index in [1.807, 2.05) is 0 Å². The van der Waals surface area contributed by atoms with Crippen LogP contribution in [0.5, 0.6) is 0 Å². The van der Waals surface area contributed by atoms with E-state index in [-0.39, 0.29) is 21.1 Å². The fourth-order valence-electron chi connectivity index (χ4n) is 1.11. The third-order valence-electron chi connectivity index (χ3n) is 1.66. The van der Waals surface area contributed by atoms with Crippen molar-refractivity contribution >= 4 is 0 Å². The first-order valence-corrected chi connectivity index (χ1v) is 3.65. The number of hydrogen-bond donors (Lipinski definition) is 0. The van der Waals surface area contributed by atoms with Crippen molar-refractivity contribution in [2.45, 2.75) is 38.5 Å². The Labute approximate surface area is 72.0 Å². The normalized spacial score (nSPS) is 19.6. The summed E-state index contributed by atoms with van der Waals surface area (Å²) in [6.45, 7) is 0. The van der Waals surface area contributed by atoms with E-state index in [9.17, 15) is 0 Å². The van der Waals surface area contributed by atoms with Crippen LogP contribution in [0, 0.1) is 0 Å². The smallest absolute Gasteiger partial charge is 0 e. The van der Waals surface area contributed by atoms with Crippen molar-refractivity contribution in [2.24, 2.45) is 0 Å². The van der Waals surface area contributed by atoms with Gasteiger partial charge in [0, 0.05) is 21.1 Å². The minimum atomic E-state index is 0. The van der Waals surface area contributed by atoms with E-state index in [1.165, 1.54) is 38.5 Å². The maximum absolute atomic E-state index is 2.32. The molecule has 0 bridgehead atoms. The third-order valence-corrected chi connectivity index (χ3v) is 1.66. The van der Waals surface area contributed by atoms with Gasteiger partial charge in [0.05, 0.1) is 0 Å². The van der Waals surface area contributed by atoms with Crippen LogP contribution in [0.3, 0.4) is 0 Å². The third kappa shape index (κ3) is 4.90. The second-order valence-corrected chi connectivity index (χ2v) is 2.46. The molecule has 1 aliphatic carbocycles. The fraction of sp³-hybridized carbons (Fsp3) is 0.750. The molecule has 1 heteroatoms. The van der Waals surface area contributed by atoms with E-state index in [0.29, 0.717) is 0 Å². The van der Waals surface area contributed by atoms with Gasteiger partial charge in [0.1, 0.15) is 0 Å². The molecule has 0 aromatic heterocycles. The molecular weight excluding hydrogens is 291 g/mol. The summed E-state index contributed by atoms with van der Waals surface area (Å²) in [6.07, 6.45) is 13.0. The van der Waals surface area contributed by atoms with Crippen molar-refractivity contribution in [3.63, 3.8) is 0 Å². The van der Waals surface area contributed by atoms with Crippen LogP contribution < -0.4 is 0 Å². The number of hydrogen-bond acceptors (Lipinski definition) is 0. The summed E-state index contributed by atoms with van der Waals surface area (Å²) in [4.78, 5) is 0. The maximum atomic E-state index is 2.32. The maximum Gasteiger partial charge on any atom is 0 e. The first kappa shape index (κ1) is 9.43. The summed E-state index contributed by atoms with van der Waals surface area (Å²) in [6, 6.07) is 0. The molecule has 0 nitrogen and oxygen atoms in total. The van der Waals surface area contributed by atoms with Gasteiger partial charge >= 0.3 is 0 Å². The van der Waals surface area contributed by atoms with E-state index in [1.54, 1.807) is 0 Å². The molecule has 9 heavy (non-hydrogen) atoms. The van der Waals surface area contributed by atoms with E-state index < -0.39 is 0 Å². The molecule has 0 unspecified atom stereocenters. The van der Waals surface area contributed by atoms with Gasteiger partial charge in [-0.1, -0.05) is 25.0 Å². The second-order valence-electron chi connectivity index (χ2n) is 2.46. The van der Waals surface area contributed by atoms with Crippen molar-refractivity contribution in [3.8, 4) is 0 Å². The van der Waals surface area contributed by atoms with Crippen molar-refractivity contribution in [1.82, 2.24) is 0 Å². The van der Waals surface area contributed by atoms with Gasteiger partial charge in [-0.2, -0.15) is 0 Å². The second kappa shape index (κ2) is 6.55. The minimum absolute atomic E-state index is 0. The molecule has 0 aromatic carbocycles. The van der Waals surface area contributed by atoms with Crippen LogP contribution in [-0.4, -0.2) is 0 Å². The molecule has 1 aliphatic rings. The van der Waals surface area contributed by atoms with Crippen molar-refractivity contribution in [2.75, 3.05) is 0 Å². The Bertz CT molecular complexity index is 66.6. The Morgan fingerprint density at radius 3 is 1.56 bits per heavy atom. The van der Waals surface area contributed by atoms with E-state index in [0.717, 1.165) is 0 Å². The molecule has 0 amide bonds. The summed E-state index contributed by atoms with van der Waals surface area (Å²) >= 11 is 0. The summed E-state index contributed by atoms with van der Waals surface area (Å²) in [5, 5.41) is 0. The van der Waals surface area contributed by atoms with Crippen LogP contribution in [-0.2, 0) is 21.1 Å². The molecule has 56 valence electrons. The van der Waals surface area contributed by atoms with Gasteiger partial charge in [0.25, 0.3) is 0 Å². The van der Waals surface area contributed by atoms with Crippen LogP contribution >= 0.6 is 0 Å². The molecule has 0 aromatic rings. The SMILES string of the molecule is C1=CCCCCCC1.[Pt]. The summed E-state index contributed by atoms with van der Waals surface area (Å²) in [7, 11) is 0. The quantitative estimate of drug-likeness (QED) is 0.604. The van der Waals surface area contributed by atoms with Crippen LogP contribution in [0.4, 0.5) is 0 Å². The molecule has 0 spiro atoms. The van der Waals surface area contributed by atoms with Gasteiger partial charge in [-0.3, -0.25) is 0 Å².